The van der Waals surface area contributed by atoms with E-state index < -0.39 is 0 Å². The van der Waals surface area contributed by atoms with Gasteiger partial charge in [0.15, 0.2) is 0 Å². The molecule has 0 atom stereocenters. The maximum atomic E-state index is 12.8. The van der Waals surface area contributed by atoms with Crippen molar-refractivity contribution in [1.29, 1.82) is 0 Å². The molecule has 4 rings (SSSR count). The Morgan fingerprint density at radius 1 is 1.23 bits per heavy atom. The average Bonchev–Trinajstić information content (AvgIpc) is 2.91. The lowest BCUT2D eigenvalue weighted by Crippen LogP contribution is -2.40. The van der Waals surface area contributed by atoms with Gasteiger partial charge in [-0.2, -0.15) is 0 Å². The second kappa shape index (κ2) is 5.45. The highest BCUT2D eigenvalue weighted by Crippen LogP contribution is 2.31. The van der Waals surface area contributed by atoms with Gasteiger partial charge in [0.2, 0.25) is 5.91 Å². The van der Waals surface area contributed by atoms with Gasteiger partial charge in [0.25, 0.3) is 0 Å². The Morgan fingerprint density at radius 2 is 2.05 bits per heavy atom. The minimum atomic E-state index is 0.280. The molecule has 1 saturated carbocycles. The van der Waals surface area contributed by atoms with Gasteiger partial charge in [-0.25, -0.2) is 0 Å². The molecule has 0 bridgehead atoms. The normalized spacial score (nSPS) is 19.4. The van der Waals surface area contributed by atoms with Crippen LogP contribution in [0.1, 0.15) is 48.9 Å². The molecule has 0 radical (unpaired) electrons. The summed E-state index contributed by atoms with van der Waals surface area (Å²) in [6.45, 7) is 3.78. The molecule has 1 aliphatic carbocycles. The molecule has 2 heterocycles. The van der Waals surface area contributed by atoms with Crippen LogP contribution < -0.4 is 0 Å². The predicted octanol–water partition coefficient (Wildman–Crippen LogP) is 3.94. The molecular formula is C19H24N2O. The van der Waals surface area contributed by atoms with Crippen LogP contribution in [0.2, 0.25) is 0 Å². The number of H-pyrrole nitrogens is 1. The molecule has 1 amide bonds. The van der Waals surface area contributed by atoms with Crippen molar-refractivity contribution in [2.24, 2.45) is 5.92 Å². The van der Waals surface area contributed by atoms with Crippen LogP contribution in [0, 0.1) is 12.8 Å². The Kier molecular flexibility index (Phi) is 3.44. The van der Waals surface area contributed by atoms with Crippen LogP contribution in [0.15, 0.2) is 18.2 Å². The summed E-state index contributed by atoms with van der Waals surface area (Å²) in [7, 11) is 0. The topological polar surface area (TPSA) is 36.1 Å². The van der Waals surface area contributed by atoms with Gasteiger partial charge in [-0.1, -0.05) is 31.4 Å². The van der Waals surface area contributed by atoms with Crippen molar-refractivity contribution in [3.63, 3.8) is 0 Å². The molecule has 0 spiro atoms. The number of carbonyl (C=O) groups is 1. The SMILES string of the molecule is Cc1ccc2c3c([nH]c2c1)CCN(C(=O)C1CCCCC1)C3. The van der Waals surface area contributed by atoms with Gasteiger partial charge in [-0.15, -0.1) is 0 Å². The van der Waals surface area contributed by atoms with Crippen molar-refractivity contribution in [2.75, 3.05) is 6.54 Å². The van der Waals surface area contributed by atoms with Gasteiger partial charge in [0, 0.05) is 47.6 Å². The largest absolute Gasteiger partial charge is 0.358 e. The maximum absolute atomic E-state index is 12.8. The number of rotatable bonds is 1. The summed E-state index contributed by atoms with van der Waals surface area (Å²) < 4.78 is 0. The number of benzene rings is 1. The number of hydrogen-bond donors (Lipinski definition) is 1. The van der Waals surface area contributed by atoms with Gasteiger partial charge < -0.3 is 9.88 Å². The van der Waals surface area contributed by atoms with E-state index in [1.165, 1.54) is 47.0 Å². The molecule has 0 unspecified atom stereocenters. The third kappa shape index (κ3) is 2.33. The van der Waals surface area contributed by atoms with E-state index in [1.54, 1.807) is 0 Å². The summed E-state index contributed by atoms with van der Waals surface area (Å²) in [6, 6.07) is 6.58. The first-order chi connectivity index (χ1) is 10.7. The van der Waals surface area contributed by atoms with Crippen LogP contribution in [0.4, 0.5) is 0 Å². The highest BCUT2D eigenvalue weighted by molar-refractivity contribution is 5.87. The summed E-state index contributed by atoms with van der Waals surface area (Å²) in [5.41, 5.74) is 5.16. The molecule has 3 nitrogen and oxygen atoms in total. The lowest BCUT2D eigenvalue weighted by Gasteiger charge is -2.32. The van der Waals surface area contributed by atoms with Gasteiger partial charge in [-0.3, -0.25) is 4.79 Å². The van der Waals surface area contributed by atoms with Crippen LogP contribution in [-0.4, -0.2) is 22.3 Å². The standard InChI is InChI=1S/C19H24N2O/c1-13-7-8-15-16-12-21(10-9-17(16)20-18(15)11-13)19(22)14-5-3-2-4-6-14/h7-8,11,14,20H,2-6,9-10,12H2,1H3. The predicted molar refractivity (Wildman–Crippen MR) is 88.7 cm³/mol. The molecule has 1 fully saturated rings. The minimum absolute atomic E-state index is 0.280. The van der Waals surface area contributed by atoms with Gasteiger partial charge in [0.05, 0.1) is 0 Å². The van der Waals surface area contributed by atoms with Gasteiger partial charge >= 0.3 is 0 Å². The molecule has 1 aromatic heterocycles. The molecule has 22 heavy (non-hydrogen) atoms. The number of amides is 1. The molecular weight excluding hydrogens is 272 g/mol. The molecule has 0 saturated heterocycles. The van der Waals surface area contributed by atoms with Crippen molar-refractivity contribution < 1.29 is 4.79 Å². The molecule has 2 aromatic rings. The van der Waals surface area contributed by atoms with Crippen LogP contribution >= 0.6 is 0 Å². The highest BCUT2D eigenvalue weighted by Gasteiger charge is 2.29. The number of hydrogen-bond acceptors (Lipinski definition) is 1. The van der Waals surface area contributed by atoms with Gasteiger partial charge in [-0.05, 0) is 31.4 Å². The van der Waals surface area contributed by atoms with Crippen molar-refractivity contribution in [3.05, 3.63) is 35.0 Å². The molecule has 1 aliphatic heterocycles. The zero-order valence-corrected chi connectivity index (χ0v) is 13.3. The Hall–Kier alpha value is -1.77. The van der Waals surface area contributed by atoms with Crippen LogP contribution in [0.5, 0.6) is 0 Å². The van der Waals surface area contributed by atoms with Gasteiger partial charge in [0.1, 0.15) is 0 Å². The Bertz CT molecular complexity index is 710. The van der Waals surface area contributed by atoms with Crippen LogP contribution in [-0.2, 0) is 17.8 Å². The van der Waals surface area contributed by atoms with Crippen molar-refractivity contribution in [2.45, 2.75) is 52.0 Å². The van der Waals surface area contributed by atoms with Crippen molar-refractivity contribution in [1.82, 2.24) is 9.88 Å². The smallest absolute Gasteiger partial charge is 0.225 e. The molecule has 1 N–H and O–H groups in total. The lowest BCUT2D eigenvalue weighted by molar-refractivity contribution is -0.137. The summed E-state index contributed by atoms with van der Waals surface area (Å²) in [5.74, 6) is 0.676. The van der Waals surface area contributed by atoms with E-state index in [0.717, 1.165) is 32.4 Å². The second-order valence-electron chi connectivity index (χ2n) is 6.98. The van der Waals surface area contributed by atoms with E-state index in [0.29, 0.717) is 5.91 Å². The number of fused-ring (bicyclic) bond motifs is 3. The van der Waals surface area contributed by atoms with Crippen LogP contribution in [0.25, 0.3) is 10.9 Å². The lowest BCUT2D eigenvalue weighted by atomic mass is 9.87. The molecule has 3 heteroatoms. The van der Waals surface area contributed by atoms with E-state index >= 15 is 0 Å². The first-order valence-corrected chi connectivity index (χ1v) is 8.61. The first-order valence-electron chi connectivity index (χ1n) is 8.61. The highest BCUT2D eigenvalue weighted by atomic mass is 16.2. The van der Waals surface area contributed by atoms with Crippen LogP contribution in [0.3, 0.4) is 0 Å². The Morgan fingerprint density at radius 3 is 2.86 bits per heavy atom. The molecule has 2 aliphatic rings. The number of aromatic amines is 1. The summed E-state index contributed by atoms with van der Waals surface area (Å²) in [6.07, 6.45) is 6.89. The third-order valence-corrected chi connectivity index (χ3v) is 5.40. The summed E-state index contributed by atoms with van der Waals surface area (Å²) >= 11 is 0. The summed E-state index contributed by atoms with van der Waals surface area (Å²) in [5, 5.41) is 1.29. The maximum Gasteiger partial charge on any atom is 0.225 e. The monoisotopic (exact) mass is 296 g/mol. The van der Waals surface area contributed by atoms with E-state index in [2.05, 4.69) is 35.0 Å². The fourth-order valence-electron chi connectivity index (χ4n) is 4.13. The first kappa shape index (κ1) is 13.9. The fourth-order valence-corrected chi connectivity index (χ4v) is 4.13. The number of aryl methyl sites for hydroxylation is 1. The number of aromatic nitrogens is 1. The molecule has 116 valence electrons. The Balaban J connectivity index is 1.60. The van der Waals surface area contributed by atoms with E-state index in [1.807, 2.05) is 0 Å². The van der Waals surface area contributed by atoms with E-state index in [4.69, 9.17) is 0 Å². The third-order valence-electron chi connectivity index (χ3n) is 5.40. The van der Waals surface area contributed by atoms with E-state index in [-0.39, 0.29) is 5.92 Å². The number of nitrogens with zero attached hydrogens (tertiary/aromatic N) is 1. The zero-order valence-electron chi connectivity index (χ0n) is 13.3. The van der Waals surface area contributed by atoms with Crippen molar-refractivity contribution in [3.8, 4) is 0 Å². The zero-order chi connectivity index (χ0) is 15.1. The quantitative estimate of drug-likeness (QED) is 0.850. The Labute approximate surface area is 131 Å². The van der Waals surface area contributed by atoms with Crippen molar-refractivity contribution >= 4 is 16.8 Å². The number of carbonyl (C=O) groups excluding carboxylic acids is 1. The fraction of sp³-hybridized carbons (Fsp3) is 0.526. The number of nitrogens with one attached hydrogen (secondary N) is 1. The van der Waals surface area contributed by atoms with E-state index in [9.17, 15) is 4.79 Å². The minimum Gasteiger partial charge on any atom is -0.358 e. The average molecular weight is 296 g/mol. The second-order valence-corrected chi connectivity index (χ2v) is 6.98. The molecule has 1 aromatic carbocycles. The summed E-state index contributed by atoms with van der Waals surface area (Å²) in [4.78, 5) is 18.5.